The van der Waals surface area contributed by atoms with E-state index in [1.165, 1.54) is 77.9 Å². The van der Waals surface area contributed by atoms with Crippen LogP contribution < -0.4 is 0 Å². The van der Waals surface area contributed by atoms with Gasteiger partial charge in [-0.3, -0.25) is 0 Å². The summed E-state index contributed by atoms with van der Waals surface area (Å²) in [6, 6.07) is 72.1. The largest absolute Gasteiger partial charge is 0.148 e. The molecule has 55 heavy (non-hydrogen) atoms. The first-order valence-corrected chi connectivity index (χ1v) is 19.7. The van der Waals surface area contributed by atoms with Gasteiger partial charge in [-0.25, -0.2) is 0 Å². The predicted octanol–water partition coefficient (Wildman–Crippen LogP) is 12.6. The van der Waals surface area contributed by atoms with Gasteiger partial charge in [0.1, 0.15) is 10.0 Å². The lowest BCUT2D eigenvalue weighted by atomic mass is 9.52. The van der Waals surface area contributed by atoms with E-state index in [0.717, 1.165) is 21.1 Å². The fraction of sp³-hybridized carbons (Fsp3) is 0.0385. The fourth-order valence-corrected chi connectivity index (χ4v) is 11.1. The topological polar surface area (TPSA) is 25.8 Å². The summed E-state index contributed by atoms with van der Waals surface area (Å²) >= 11 is 1.63. The minimum atomic E-state index is -0.507. The molecule has 2 nitrogen and oxygen atoms in total. The van der Waals surface area contributed by atoms with Crippen LogP contribution in [0.15, 0.2) is 194 Å². The second-order valence-corrected chi connectivity index (χ2v) is 15.8. The Morgan fingerprint density at radius 2 is 0.618 bits per heavy atom. The van der Waals surface area contributed by atoms with Crippen LogP contribution in [0.3, 0.4) is 0 Å². The summed E-state index contributed by atoms with van der Waals surface area (Å²) in [6.07, 6.45) is 0. The van der Waals surface area contributed by atoms with E-state index in [-0.39, 0.29) is 0 Å². The highest BCUT2D eigenvalue weighted by atomic mass is 32.1. The van der Waals surface area contributed by atoms with Crippen LogP contribution in [0.4, 0.5) is 0 Å². The Kier molecular flexibility index (Phi) is 6.38. The van der Waals surface area contributed by atoms with E-state index in [9.17, 15) is 0 Å². The first-order valence-electron chi connectivity index (χ1n) is 18.9. The Morgan fingerprint density at radius 1 is 0.273 bits per heavy atom. The highest BCUT2D eigenvalue weighted by molar-refractivity contribution is 7.17. The first kappa shape index (κ1) is 30.7. The fourth-order valence-electron chi connectivity index (χ4n) is 10.3. The zero-order chi connectivity index (χ0) is 36.1. The molecule has 3 heteroatoms. The number of benzene rings is 8. The van der Waals surface area contributed by atoms with Crippen LogP contribution in [0.1, 0.15) is 44.5 Å². The van der Waals surface area contributed by atoms with Gasteiger partial charge in [-0.15, -0.1) is 10.2 Å². The van der Waals surface area contributed by atoms with Gasteiger partial charge in [0.05, 0.1) is 10.8 Å². The molecule has 0 atom stereocenters. The van der Waals surface area contributed by atoms with Gasteiger partial charge in [0.2, 0.25) is 0 Å². The maximum Gasteiger partial charge on any atom is 0.148 e. The third kappa shape index (κ3) is 3.98. The highest BCUT2D eigenvalue weighted by Crippen LogP contribution is 2.67. The quantitative estimate of drug-likeness (QED) is 0.182. The molecule has 0 N–H and O–H groups in total. The lowest BCUT2D eigenvalue weighted by molar-refractivity contribution is 0.633. The van der Waals surface area contributed by atoms with E-state index in [0.29, 0.717) is 0 Å². The summed E-state index contributed by atoms with van der Waals surface area (Å²) in [5.41, 5.74) is 19.7. The molecule has 0 unspecified atom stereocenters. The van der Waals surface area contributed by atoms with E-state index in [1.54, 1.807) is 11.3 Å². The number of fused-ring (bicyclic) bond motifs is 16. The maximum absolute atomic E-state index is 4.56. The van der Waals surface area contributed by atoms with Crippen LogP contribution in [-0.4, -0.2) is 10.2 Å². The summed E-state index contributed by atoms with van der Waals surface area (Å²) in [6.45, 7) is 0. The smallest absolute Gasteiger partial charge is 0.138 e. The summed E-state index contributed by atoms with van der Waals surface area (Å²) in [7, 11) is 0. The van der Waals surface area contributed by atoms with Crippen molar-refractivity contribution in [2.24, 2.45) is 0 Å². The molecule has 3 aliphatic carbocycles. The van der Waals surface area contributed by atoms with Crippen LogP contribution in [-0.2, 0) is 10.8 Å². The molecule has 12 rings (SSSR count). The average molecular weight is 717 g/mol. The van der Waals surface area contributed by atoms with Gasteiger partial charge < -0.3 is 0 Å². The van der Waals surface area contributed by atoms with Gasteiger partial charge in [0, 0.05) is 11.1 Å². The molecule has 8 aromatic carbocycles. The van der Waals surface area contributed by atoms with Crippen molar-refractivity contribution in [3.8, 4) is 54.5 Å². The van der Waals surface area contributed by atoms with Crippen LogP contribution >= 0.6 is 11.3 Å². The normalized spacial score (nSPS) is 14.5. The van der Waals surface area contributed by atoms with Crippen molar-refractivity contribution in [2.45, 2.75) is 10.8 Å². The van der Waals surface area contributed by atoms with E-state index in [4.69, 9.17) is 0 Å². The van der Waals surface area contributed by atoms with Crippen LogP contribution in [0.5, 0.6) is 0 Å². The van der Waals surface area contributed by atoms with E-state index < -0.39 is 10.8 Å². The minimum Gasteiger partial charge on any atom is -0.138 e. The Balaban J connectivity index is 1.08. The molecule has 9 aromatic rings. The molecule has 2 spiro atoms. The number of hydrogen-bond acceptors (Lipinski definition) is 3. The van der Waals surface area contributed by atoms with E-state index >= 15 is 0 Å². The lowest BCUT2D eigenvalue weighted by Crippen LogP contribution is -2.43. The molecule has 3 aliphatic rings. The molecular formula is C52H32N2S. The van der Waals surface area contributed by atoms with Crippen molar-refractivity contribution in [1.29, 1.82) is 0 Å². The number of hydrogen-bond donors (Lipinski definition) is 0. The van der Waals surface area contributed by atoms with Gasteiger partial charge >= 0.3 is 0 Å². The van der Waals surface area contributed by atoms with Gasteiger partial charge in [-0.2, -0.15) is 0 Å². The molecule has 0 radical (unpaired) electrons. The number of rotatable bonds is 3. The van der Waals surface area contributed by atoms with Crippen molar-refractivity contribution >= 4 is 11.3 Å². The monoisotopic (exact) mass is 716 g/mol. The van der Waals surface area contributed by atoms with Crippen molar-refractivity contribution < 1.29 is 0 Å². The Labute approximate surface area is 324 Å². The molecule has 256 valence electrons. The van der Waals surface area contributed by atoms with Crippen LogP contribution in [0, 0.1) is 0 Å². The zero-order valence-corrected chi connectivity index (χ0v) is 30.6. The van der Waals surface area contributed by atoms with Gasteiger partial charge in [-0.05, 0) is 84.0 Å². The second kappa shape index (κ2) is 11.4. The maximum atomic E-state index is 4.56. The summed E-state index contributed by atoms with van der Waals surface area (Å²) < 4.78 is 0. The SMILES string of the molecule is c1ccc(-c2nnc(-c3ccc(-c4ccc5c(c4)C4(c6ccccc6-5)c5ccccc5C5(c6ccccc6-c6ccccc65)c5ccccc54)cc3)s2)cc1. The Hall–Kier alpha value is -6.68. The van der Waals surface area contributed by atoms with Gasteiger partial charge in [-0.1, -0.05) is 199 Å². The highest BCUT2D eigenvalue weighted by Gasteiger charge is 2.58. The van der Waals surface area contributed by atoms with Crippen LogP contribution in [0.25, 0.3) is 54.5 Å². The zero-order valence-electron chi connectivity index (χ0n) is 29.8. The van der Waals surface area contributed by atoms with Gasteiger partial charge in [0.25, 0.3) is 0 Å². The molecular weight excluding hydrogens is 685 g/mol. The summed E-state index contributed by atoms with van der Waals surface area (Å²) in [5, 5.41) is 10.9. The van der Waals surface area contributed by atoms with Crippen molar-refractivity contribution in [3.05, 3.63) is 239 Å². The van der Waals surface area contributed by atoms with E-state index in [2.05, 4.69) is 186 Å². The third-order valence-electron chi connectivity index (χ3n) is 12.4. The van der Waals surface area contributed by atoms with Crippen LogP contribution in [0.2, 0.25) is 0 Å². The molecule has 0 saturated heterocycles. The number of aromatic nitrogens is 2. The van der Waals surface area contributed by atoms with Crippen molar-refractivity contribution in [2.75, 3.05) is 0 Å². The Bertz CT molecular complexity index is 2900. The molecule has 1 aromatic heterocycles. The lowest BCUT2D eigenvalue weighted by Gasteiger charge is -2.48. The molecule has 1 heterocycles. The molecule has 0 fully saturated rings. The second-order valence-electron chi connectivity index (χ2n) is 14.8. The number of nitrogens with zero attached hydrogens (tertiary/aromatic N) is 2. The summed E-state index contributed by atoms with van der Waals surface area (Å²) in [4.78, 5) is 0. The van der Waals surface area contributed by atoms with Crippen molar-refractivity contribution in [3.63, 3.8) is 0 Å². The minimum absolute atomic E-state index is 0.443. The van der Waals surface area contributed by atoms with E-state index in [1.807, 2.05) is 18.2 Å². The average Bonchev–Trinajstić information content (AvgIpc) is 3.95. The third-order valence-corrected chi connectivity index (χ3v) is 13.4. The molecule has 0 bridgehead atoms. The predicted molar refractivity (Wildman–Crippen MR) is 224 cm³/mol. The first-order chi connectivity index (χ1) is 27.3. The standard InChI is InChI=1S/C52H32N2S/c1-2-14-34(15-3-1)49-53-54-50(55-49)35-28-26-33(27-29-35)36-30-31-40-39-18-6-9-21-43(39)52(48(40)32-36)46-24-12-10-22-44(46)51(45-23-11-13-25-47(45)52)41-19-7-4-16-37(41)38-17-5-8-20-42(38)51/h1-32H. The molecule has 0 aliphatic heterocycles. The molecule has 0 saturated carbocycles. The van der Waals surface area contributed by atoms with Crippen molar-refractivity contribution in [1.82, 2.24) is 10.2 Å². The molecule has 0 amide bonds. The summed E-state index contributed by atoms with van der Waals surface area (Å²) in [5.74, 6) is 0. The van der Waals surface area contributed by atoms with Gasteiger partial charge in [0.15, 0.2) is 0 Å². The Morgan fingerprint density at radius 3 is 1.11 bits per heavy atom.